The molecule has 2 amide bonds. The average Bonchev–Trinajstić information content (AvgIpc) is 3.31. The molecule has 0 saturated carbocycles. The Kier molecular flexibility index (Phi) is 12.8. The maximum atomic E-state index is 12.3. The van der Waals surface area contributed by atoms with Crippen LogP contribution in [0.25, 0.3) is 5.69 Å². The number of alkyl halides is 3. The van der Waals surface area contributed by atoms with Crippen molar-refractivity contribution in [2.75, 3.05) is 40.3 Å². The molecule has 3 N–H and O–H groups in total. The van der Waals surface area contributed by atoms with Crippen LogP contribution in [0.1, 0.15) is 40.6 Å². The number of hydrogen-bond donors (Lipinski definition) is 3. The van der Waals surface area contributed by atoms with E-state index in [1.807, 2.05) is 32.0 Å². The number of allylic oxidation sites excluding steroid dienone is 1. The zero-order valence-corrected chi connectivity index (χ0v) is 20.8. The van der Waals surface area contributed by atoms with Crippen molar-refractivity contribution in [1.29, 1.82) is 0 Å². The number of nitrogens with one attached hydrogen (secondary N) is 2. The molecular formula is C23H31F3N6O5. The van der Waals surface area contributed by atoms with E-state index in [2.05, 4.69) is 27.5 Å². The van der Waals surface area contributed by atoms with Gasteiger partial charge in [-0.3, -0.25) is 9.59 Å². The summed E-state index contributed by atoms with van der Waals surface area (Å²) in [5.41, 5.74) is 1.29. The number of carbonyl (C=O) groups is 3. The van der Waals surface area contributed by atoms with Crippen LogP contribution in [-0.2, 0) is 4.79 Å². The number of ether oxygens (including phenoxy) is 1. The third kappa shape index (κ3) is 11.1. The quantitative estimate of drug-likeness (QED) is 0.282. The summed E-state index contributed by atoms with van der Waals surface area (Å²) >= 11 is 0. The highest BCUT2D eigenvalue weighted by molar-refractivity contribution is 5.95. The second-order valence-corrected chi connectivity index (χ2v) is 7.73. The first kappa shape index (κ1) is 31.1. The van der Waals surface area contributed by atoms with E-state index in [4.69, 9.17) is 14.6 Å². The largest absolute Gasteiger partial charge is 0.491 e. The van der Waals surface area contributed by atoms with Gasteiger partial charge >= 0.3 is 12.1 Å². The molecule has 0 atom stereocenters. The fourth-order valence-corrected chi connectivity index (χ4v) is 2.60. The maximum absolute atomic E-state index is 12.3. The number of likely N-dealkylation sites (N-methyl/N-ethyl adjacent to an activating group) is 1. The Morgan fingerprint density at radius 1 is 1.22 bits per heavy atom. The molecule has 11 nitrogen and oxygen atoms in total. The van der Waals surface area contributed by atoms with Crippen molar-refractivity contribution in [1.82, 2.24) is 30.5 Å². The Morgan fingerprint density at radius 3 is 2.46 bits per heavy atom. The molecule has 0 aliphatic carbocycles. The van der Waals surface area contributed by atoms with Crippen molar-refractivity contribution >= 4 is 17.8 Å². The Morgan fingerprint density at radius 2 is 1.89 bits per heavy atom. The number of halogens is 3. The smallest absolute Gasteiger partial charge is 0.490 e. The lowest BCUT2D eigenvalue weighted by Crippen LogP contribution is -2.31. The third-order valence-corrected chi connectivity index (χ3v) is 4.43. The fraction of sp³-hybridized carbons (Fsp3) is 0.435. The van der Waals surface area contributed by atoms with Gasteiger partial charge in [0.1, 0.15) is 11.4 Å². The average molecular weight is 529 g/mol. The molecule has 0 spiro atoms. The summed E-state index contributed by atoms with van der Waals surface area (Å²) in [6, 6.07) is 5.10. The van der Waals surface area contributed by atoms with E-state index in [0.717, 1.165) is 19.4 Å². The van der Waals surface area contributed by atoms with Crippen molar-refractivity contribution in [3.05, 3.63) is 48.3 Å². The number of carboxylic acid groups (broad SMARTS) is 1. The van der Waals surface area contributed by atoms with E-state index in [0.29, 0.717) is 36.7 Å². The molecule has 2 rings (SSSR count). The van der Waals surface area contributed by atoms with Gasteiger partial charge in [-0.25, -0.2) is 9.48 Å². The number of nitrogens with zero attached hydrogens (tertiary/aromatic N) is 4. The van der Waals surface area contributed by atoms with Crippen molar-refractivity contribution in [2.24, 2.45) is 0 Å². The van der Waals surface area contributed by atoms with Gasteiger partial charge in [0.05, 0.1) is 12.8 Å². The molecule has 0 aliphatic heterocycles. The minimum Gasteiger partial charge on any atom is -0.491 e. The van der Waals surface area contributed by atoms with Crippen molar-refractivity contribution in [3.8, 4) is 11.4 Å². The van der Waals surface area contributed by atoms with Gasteiger partial charge in [-0.05, 0) is 52.1 Å². The Balaban J connectivity index is 0.000000856. The lowest BCUT2D eigenvalue weighted by Gasteiger charge is -2.13. The molecule has 37 heavy (non-hydrogen) atoms. The number of aromatic nitrogens is 3. The van der Waals surface area contributed by atoms with Crippen LogP contribution >= 0.6 is 0 Å². The first-order valence-electron chi connectivity index (χ1n) is 11.2. The van der Waals surface area contributed by atoms with Gasteiger partial charge in [-0.15, -0.1) is 11.7 Å². The van der Waals surface area contributed by atoms with Crippen LogP contribution in [-0.4, -0.2) is 89.3 Å². The first-order chi connectivity index (χ1) is 17.4. The van der Waals surface area contributed by atoms with Crippen LogP contribution in [0.15, 0.2) is 37.1 Å². The lowest BCUT2D eigenvalue weighted by molar-refractivity contribution is -0.192. The zero-order valence-electron chi connectivity index (χ0n) is 20.8. The van der Waals surface area contributed by atoms with E-state index in [1.165, 1.54) is 4.68 Å². The minimum absolute atomic E-state index is 0.181. The van der Waals surface area contributed by atoms with E-state index in [1.54, 1.807) is 24.4 Å². The topological polar surface area (TPSA) is 139 Å². The van der Waals surface area contributed by atoms with Crippen molar-refractivity contribution in [3.63, 3.8) is 0 Å². The van der Waals surface area contributed by atoms with Crippen LogP contribution < -0.4 is 15.4 Å². The van der Waals surface area contributed by atoms with Crippen LogP contribution in [0.3, 0.4) is 0 Å². The predicted octanol–water partition coefficient (Wildman–Crippen LogP) is 2.29. The third-order valence-electron chi connectivity index (χ3n) is 4.43. The van der Waals surface area contributed by atoms with Gasteiger partial charge in [0.25, 0.3) is 11.8 Å². The van der Waals surface area contributed by atoms with Gasteiger partial charge in [-0.1, -0.05) is 11.3 Å². The van der Waals surface area contributed by atoms with Crippen LogP contribution in [0, 0.1) is 0 Å². The molecule has 0 fully saturated rings. The molecule has 0 aliphatic rings. The van der Waals surface area contributed by atoms with Crippen molar-refractivity contribution in [2.45, 2.75) is 25.9 Å². The highest BCUT2D eigenvalue weighted by Crippen LogP contribution is 2.25. The summed E-state index contributed by atoms with van der Waals surface area (Å²) in [5.74, 6) is -2.74. The van der Waals surface area contributed by atoms with E-state index in [-0.39, 0.29) is 17.5 Å². The Bertz CT molecular complexity index is 1060. The highest BCUT2D eigenvalue weighted by Gasteiger charge is 2.38. The molecule has 0 saturated heterocycles. The number of unbranched alkanes of at least 4 members (excludes halogenated alkanes) is 1. The number of hydrogen-bond acceptors (Lipinski definition) is 7. The maximum Gasteiger partial charge on any atom is 0.490 e. The number of rotatable bonds is 12. The summed E-state index contributed by atoms with van der Waals surface area (Å²) in [5, 5.41) is 20.7. The number of carbonyl (C=O) groups excluding carboxylic acids is 2. The van der Waals surface area contributed by atoms with Gasteiger partial charge < -0.3 is 25.4 Å². The van der Waals surface area contributed by atoms with Crippen LogP contribution in [0.4, 0.5) is 13.2 Å². The summed E-state index contributed by atoms with van der Waals surface area (Å²) < 4.78 is 39.1. The molecule has 1 aromatic heterocycles. The molecule has 0 unspecified atom stereocenters. The second kappa shape index (κ2) is 15.2. The highest BCUT2D eigenvalue weighted by atomic mass is 19.4. The van der Waals surface area contributed by atoms with E-state index in [9.17, 15) is 22.8 Å². The number of amides is 2. The minimum atomic E-state index is -5.08. The molecule has 204 valence electrons. The number of aliphatic carboxylic acids is 1. The fourth-order valence-electron chi connectivity index (χ4n) is 2.60. The summed E-state index contributed by atoms with van der Waals surface area (Å²) in [6.45, 7) is 7.80. The molecule has 0 bridgehead atoms. The summed E-state index contributed by atoms with van der Waals surface area (Å²) in [6.07, 6.45) is -0.0894. The molecule has 1 aromatic carbocycles. The monoisotopic (exact) mass is 528 g/mol. The number of carboxylic acids is 1. The van der Waals surface area contributed by atoms with E-state index >= 15 is 0 Å². The van der Waals surface area contributed by atoms with Gasteiger partial charge in [0.2, 0.25) is 0 Å². The molecule has 2 aromatic rings. The van der Waals surface area contributed by atoms with Gasteiger partial charge in [-0.2, -0.15) is 13.2 Å². The number of benzene rings is 1. The van der Waals surface area contributed by atoms with Crippen LogP contribution in [0.5, 0.6) is 5.75 Å². The SMILES string of the molecule is C=CCCCOc1cc(C(=O)NCC)ccc1-n1cc(C(=O)NCCN(C)C)nn1.O=C(O)C(F)(F)F. The Hall–Kier alpha value is -3.94. The van der Waals surface area contributed by atoms with E-state index < -0.39 is 12.1 Å². The zero-order chi connectivity index (χ0) is 28.0. The standard InChI is InChI=1S/C21H30N6O3.C2HF3O2/c1-5-7-8-13-30-19-14-16(20(28)22-6-2)9-10-18(19)27-15-17(24-25-27)21(29)23-11-12-26(3)4;3-2(4,5)1(6)7/h5,9-10,14-15H,1,6-8,11-13H2,2-4H3,(H,22,28)(H,23,29);(H,6,7). The Labute approximate surface area is 212 Å². The predicted molar refractivity (Wildman–Crippen MR) is 129 cm³/mol. The molecule has 14 heteroatoms. The molecular weight excluding hydrogens is 497 g/mol. The first-order valence-corrected chi connectivity index (χ1v) is 11.2. The van der Waals surface area contributed by atoms with Crippen molar-refractivity contribution < 1.29 is 37.4 Å². The normalized spacial score (nSPS) is 10.8. The van der Waals surface area contributed by atoms with Crippen LogP contribution in [0.2, 0.25) is 0 Å². The van der Waals surface area contributed by atoms with Gasteiger partial charge in [0.15, 0.2) is 5.69 Å². The lowest BCUT2D eigenvalue weighted by atomic mass is 10.1. The summed E-state index contributed by atoms with van der Waals surface area (Å²) in [4.78, 5) is 35.3. The summed E-state index contributed by atoms with van der Waals surface area (Å²) in [7, 11) is 3.87. The second-order valence-electron chi connectivity index (χ2n) is 7.73. The molecule has 1 heterocycles. The molecule has 0 radical (unpaired) electrons. The van der Waals surface area contributed by atoms with Gasteiger partial charge in [0, 0.05) is 25.2 Å².